The summed E-state index contributed by atoms with van der Waals surface area (Å²) < 4.78 is 10.2. The van der Waals surface area contributed by atoms with Gasteiger partial charge in [-0.25, -0.2) is 9.69 Å². The van der Waals surface area contributed by atoms with Gasteiger partial charge in [0.2, 0.25) is 0 Å². The average Bonchev–Trinajstić information content (AvgIpc) is 3.03. The highest BCUT2D eigenvalue weighted by Gasteiger charge is 2.55. The maximum atomic E-state index is 13.3. The Bertz CT molecular complexity index is 1030. The minimum atomic E-state index is -1.37. The van der Waals surface area contributed by atoms with E-state index < -0.39 is 41.3 Å². The molecular formula is C23H26N2O7S. The fraction of sp³-hybridized carbons (Fsp3) is 0.435. The van der Waals surface area contributed by atoms with Crippen molar-refractivity contribution < 1.29 is 33.8 Å². The minimum Gasteiger partial charge on any atom is -0.480 e. The third-order valence-electron chi connectivity index (χ3n) is 5.33. The lowest BCUT2D eigenvalue weighted by molar-refractivity contribution is -0.146. The Morgan fingerprint density at radius 2 is 1.88 bits per heavy atom. The summed E-state index contributed by atoms with van der Waals surface area (Å²) in [5, 5.41) is 9.18. The largest absolute Gasteiger partial charge is 0.480 e. The summed E-state index contributed by atoms with van der Waals surface area (Å²) in [5.41, 5.74) is 1.27. The number of nitrogens with zero attached hydrogens (tertiary/aromatic N) is 2. The van der Waals surface area contributed by atoms with Crippen molar-refractivity contribution in [1.82, 2.24) is 4.90 Å². The van der Waals surface area contributed by atoms with E-state index in [4.69, 9.17) is 14.6 Å². The first-order valence-corrected chi connectivity index (χ1v) is 11.4. The number of fused-ring (bicyclic) bond motifs is 1. The van der Waals surface area contributed by atoms with Crippen LogP contribution < -0.4 is 0 Å². The van der Waals surface area contributed by atoms with E-state index >= 15 is 0 Å². The lowest BCUT2D eigenvalue weighted by atomic mass is 9.87. The molecule has 1 aromatic rings. The molecular weight excluding hydrogens is 448 g/mol. The molecule has 0 saturated carbocycles. The lowest BCUT2D eigenvalue weighted by Crippen LogP contribution is -2.44. The van der Waals surface area contributed by atoms with E-state index in [1.54, 1.807) is 13.8 Å². The molecule has 2 unspecified atom stereocenters. The SMILES string of the molecule is CCOC(=O)C1(CC(OC(C)C)c2ccccc2)SC2=NC(=O)N(CC(=O)O)C(=O)C2=C1C. The second kappa shape index (κ2) is 9.88. The van der Waals surface area contributed by atoms with Crippen LogP contribution in [0.2, 0.25) is 0 Å². The Kier molecular flexibility index (Phi) is 7.38. The van der Waals surface area contributed by atoms with Crippen LogP contribution in [0.1, 0.15) is 45.8 Å². The van der Waals surface area contributed by atoms with Crippen LogP contribution in [-0.4, -0.2) is 62.9 Å². The Balaban J connectivity index is 2.11. The third-order valence-corrected chi connectivity index (χ3v) is 6.81. The molecule has 176 valence electrons. The van der Waals surface area contributed by atoms with Crippen molar-refractivity contribution in [2.24, 2.45) is 4.99 Å². The summed E-state index contributed by atoms with van der Waals surface area (Å²) in [6.07, 6.45) is -0.531. The van der Waals surface area contributed by atoms with Crippen molar-refractivity contribution in [2.45, 2.75) is 51.1 Å². The number of ether oxygens (including phenoxy) is 2. The van der Waals surface area contributed by atoms with Gasteiger partial charge in [-0.15, -0.1) is 0 Å². The summed E-state index contributed by atoms with van der Waals surface area (Å²) in [6, 6.07) is 8.42. The predicted octanol–water partition coefficient (Wildman–Crippen LogP) is 3.35. The molecule has 0 saturated heterocycles. The summed E-state index contributed by atoms with van der Waals surface area (Å²) in [5.74, 6) is -2.70. The number of hydrogen-bond donors (Lipinski definition) is 1. The summed E-state index contributed by atoms with van der Waals surface area (Å²) in [6.45, 7) is 6.37. The van der Waals surface area contributed by atoms with E-state index in [2.05, 4.69) is 4.99 Å². The van der Waals surface area contributed by atoms with Gasteiger partial charge in [0.15, 0.2) is 0 Å². The second-order valence-electron chi connectivity index (χ2n) is 7.92. The Morgan fingerprint density at radius 3 is 2.45 bits per heavy atom. The number of esters is 1. The molecule has 9 nitrogen and oxygen atoms in total. The predicted molar refractivity (Wildman–Crippen MR) is 122 cm³/mol. The van der Waals surface area contributed by atoms with Gasteiger partial charge < -0.3 is 14.6 Å². The molecule has 3 amide bonds. The van der Waals surface area contributed by atoms with Crippen LogP contribution in [0.15, 0.2) is 46.5 Å². The van der Waals surface area contributed by atoms with Crippen LogP contribution in [0.25, 0.3) is 0 Å². The van der Waals surface area contributed by atoms with Gasteiger partial charge in [0.25, 0.3) is 5.91 Å². The highest BCUT2D eigenvalue weighted by Crippen LogP contribution is 2.52. The third kappa shape index (κ3) is 4.86. The number of thioether (sulfide) groups is 1. The molecule has 33 heavy (non-hydrogen) atoms. The molecule has 1 aromatic carbocycles. The van der Waals surface area contributed by atoms with Gasteiger partial charge >= 0.3 is 18.0 Å². The van der Waals surface area contributed by atoms with E-state index in [1.807, 2.05) is 44.2 Å². The molecule has 2 aliphatic rings. The number of aliphatic carboxylic acids is 1. The van der Waals surface area contributed by atoms with Crippen LogP contribution in [0, 0.1) is 0 Å². The van der Waals surface area contributed by atoms with Crippen molar-refractivity contribution in [3.63, 3.8) is 0 Å². The summed E-state index contributed by atoms with van der Waals surface area (Å²) in [4.78, 5) is 54.4. The summed E-state index contributed by atoms with van der Waals surface area (Å²) in [7, 11) is 0. The molecule has 0 bridgehead atoms. The first-order valence-electron chi connectivity index (χ1n) is 10.5. The molecule has 2 aliphatic heterocycles. The van der Waals surface area contributed by atoms with Crippen LogP contribution in [-0.2, 0) is 23.9 Å². The fourth-order valence-electron chi connectivity index (χ4n) is 3.85. The lowest BCUT2D eigenvalue weighted by Gasteiger charge is -2.32. The number of carbonyl (C=O) groups excluding carboxylic acids is 3. The maximum absolute atomic E-state index is 13.3. The molecule has 0 aliphatic carbocycles. The van der Waals surface area contributed by atoms with Crippen LogP contribution >= 0.6 is 11.8 Å². The van der Waals surface area contributed by atoms with E-state index in [0.29, 0.717) is 10.5 Å². The number of imide groups is 1. The number of urea groups is 1. The Hall–Kier alpha value is -2.98. The first kappa shape index (κ1) is 24.7. The van der Waals surface area contributed by atoms with Crippen LogP contribution in [0.4, 0.5) is 4.79 Å². The van der Waals surface area contributed by atoms with Gasteiger partial charge in [0.1, 0.15) is 16.3 Å². The number of carboxylic acid groups (broad SMARTS) is 1. The monoisotopic (exact) mass is 474 g/mol. The average molecular weight is 475 g/mol. The molecule has 0 radical (unpaired) electrons. The Morgan fingerprint density at radius 1 is 1.21 bits per heavy atom. The van der Waals surface area contributed by atoms with Gasteiger partial charge in [-0.1, -0.05) is 42.1 Å². The van der Waals surface area contributed by atoms with Crippen molar-refractivity contribution in [2.75, 3.05) is 13.2 Å². The van der Waals surface area contributed by atoms with Crippen molar-refractivity contribution in [3.05, 3.63) is 47.0 Å². The van der Waals surface area contributed by atoms with Crippen molar-refractivity contribution >= 4 is 40.7 Å². The van der Waals surface area contributed by atoms with Gasteiger partial charge in [0.05, 0.1) is 24.4 Å². The molecule has 2 atom stereocenters. The van der Waals surface area contributed by atoms with E-state index in [9.17, 15) is 19.2 Å². The molecule has 1 N–H and O–H groups in total. The standard InChI is InChI=1S/C23H26N2O7S/c1-5-31-21(29)23(11-16(32-13(2)3)15-9-7-6-8-10-15)14(4)18-19(33-23)24-22(30)25(20(18)28)12-17(26)27/h6-10,13,16H,5,11-12H2,1-4H3,(H,26,27). The molecule has 3 rings (SSSR count). The van der Waals surface area contributed by atoms with Gasteiger partial charge in [-0.3, -0.25) is 14.4 Å². The number of carbonyl (C=O) groups is 4. The quantitative estimate of drug-likeness (QED) is 0.541. The zero-order valence-corrected chi connectivity index (χ0v) is 19.7. The van der Waals surface area contributed by atoms with E-state index in [0.717, 1.165) is 17.3 Å². The van der Waals surface area contributed by atoms with Crippen LogP contribution in [0.5, 0.6) is 0 Å². The molecule has 10 heteroatoms. The number of rotatable bonds is 9. The molecule has 0 spiro atoms. The highest BCUT2D eigenvalue weighted by atomic mass is 32.2. The second-order valence-corrected chi connectivity index (χ2v) is 9.21. The minimum absolute atomic E-state index is 0.0604. The maximum Gasteiger partial charge on any atom is 0.352 e. The van der Waals surface area contributed by atoms with Gasteiger partial charge in [-0.05, 0) is 38.8 Å². The molecule has 0 fully saturated rings. The number of hydrogen-bond acceptors (Lipinski definition) is 7. The zero-order chi connectivity index (χ0) is 24.3. The van der Waals surface area contributed by atoms with Gasteiger partial charge in [-0.2, -0.15) is 4.99 Å². The Labute approximate surface area is 195 Å². The molecule has 0 aromatic heterocycles. The normalized spacial score (nSPS) is 21.2. The fourth-order valence-corrected chi connectivity index (χ4v) is 5.28. The van der Waals surface area contributed by atoms with Crippen molar-refractivity contribution in [1.29, 1.82) is 0 Å². The zero-order valence-electron chi connectivity index (χ0n) is 18.9. The first-order chi connectivity index (χ1) is 15.6. The smallest absolute Gasteiger partial charge is 0.352 e. The van der Waals surface area contributed by atoms with Gasteiger partial charge in [0, 0.05) is 6.42 Å². The van der Waals surface area contributed by atoms with E-state index in [-0.39, 0.29) is 29.7 Å². The number of amides is 3. The van der Waals surface area contributed by atoms with E-state index in [1.165, 1.54) is 0 Å². The number of carboxylic acids is 1. The topological polar surface area (TPSA) is 123 Å². The van der Waals surface area contributed by atoms with Crippen molar-refractivity contribution in [3.8, 4) is 0 Å². The molecule has 2 heterocycles. The summed E-state index contributed by atoms with van der Waals surface area (Å²) >= 11 is 0.982. The van der Waals surface area contributed by atoms with Crippen LogP contribution in [0.3, 0.4) is 0 Å². The number of aliphatic imine (C=N–C) groups is 1. The highest BCUT2D eigenvalue weighted by molar-refractivity contribution is 8.17. The number of benzene rings is 1.